The number of carbonyl (C=O) groups is 1. The lowest BCUT2D eigenvalue weighted by atomic mass is 9.98. The molecule has 0 bridgehead atoms. The molecule has 0 aliphatic carbocycles. The van der Waals surface area contributed by atoms with E-state index in [1.54, 1.807) is 29.2 Å². The Bertz CT molecular complexity index is 1450. The van der Waals surface area contributed by atoms with Gasteiger partial charge in [0.25, 0.3) is 5.91 Å². The maximum absolute atomic E-state index is 13.6. The van der Waals surface area contributed by atoms with Gasteiger partial charge in [-0.1, -0.05) is 51.8 Å². The fourth-order valence-corrected chi connectivity index (χ4v) is 4.69. The highest BCUT2D eigenvalue weighted by molar-refractivity contribution is 9.10. The van der Waals surface area contributed by atoms with E-state index in [9.17, 15) is 14.0 Å². The molecule has 160 valence electrons. The van der Waals surface area contributed by atoms with Crippen LogP contribution in [0.25, 0.3) is 11.0 Å². The third kappa shape index (κ3) is 3.44. The second-order valence-electron chi connectivity index (χ2n) is 7.79. The van der Waals surface area contributed by atoms with Gasteiger partial charge in [0.2, 0.25) is 5.76 Å². The quantitative estimate of drug-likeness (QED) is 0.319. The summed E-state index contributed by atoms with van der Waals surface area (Å²) in [4.78, 5) is 28.6. The van der Waals surface area contributed by atoms with Crippen molar-refractivity contribution in [2.24, 2.45) is 0 Å². The number of halogens is 3. The lowest BCUT2D eigenvalue weighted by molar-refractivity contribution is 0.0714. The van der Waals surface area contributed by atoms with Gasteiger partial charge in [0.1, 0.15) is 11.4 Å². The average Bonchev–Trinajstić information content (AvgIpc) is 3.03. The number of amides is 1. The number of carbonyl (C=O) groups excluding carboxylic acids is 1. The zero-order valence-electron chi connectivity index (χ0n) is 16.9. The second-order valence-corrected chi connectivity index (χ2v) is 9.11. The van der Waals surface area contributed by atoms with E-state index in [1.165, 1.54) is 12.1 Å². The molecule has 3 aromatic carbocycles. The number of aryl methyl sites for hydroxylation is 1. The number of hydrogen-bond acceptors (Lipinski definition) is 3. The van der Waals surface area contributed by atoms with Gasteiger partial charge in [-0.05, 0) is 60.0 Å². The Labute approximate surface area is 196 Å². The lowest BCUT2D eigenvalue weighted by Crippen LogP contribution is -2.29. The molecule has 1 aliphatic heterocycles. The van der Waals surface area contributed by atoms with Crippen LogP contribution in [-0.4, -0.2) is 10.8 Å². The van der Waals surface area contributed by atoms with Crippen molar-refractivity contribution in [1.82, 2.24) is 4.90 Å². The monoisotopic (exact) mass is 511 g/mol. The van der Waals surface area contributed by atoms with Crippen LogP contribution in [0, 0.1) is 12.7 Å². The van der Waals surface area contributed by atoms with E-state index in [4.69, 9.17) is 16.0 Å². The average molecular weight is 513 g/mol. The highest BCUT2D eigenvalue weighted by Crippen LogP contribution is 2.40. The Hall–Kier alpha value is -2.96. The van der Waals surface area contributed by atoms with Crippen LogP contribution in [-0.2, 0) is 6.54 Å². The van der Waals surface area contributed by atoms with Crippen molar-refractivity contribution in [2.75, 3.05) is 0 Å². The summed E-state index contributed by atoms with van der Waals surface area (Å²) in [5, 5.41) is 0.784. The standard InChI is InChI=1S/C25H16BrClFNO3/c1-13-9-20-18(11-19(13)27)23(30)21-22(15-3-2-4-16(26)10-15)29(25(31)24(21)32-20)12-14-5-7-17(28)8-6-14/h2-11,22H,12H2,1H3. The normalized spacial score (nSPS) is 15.4. The molecule has 0 saturated heterocycles. The fraction of sp³-hybridized carbons (Fsp3) is 0.120. The molecular weight excluding hydrogens is 497 g/mol. The Morgan fingerprint density at radius 1 is 1.09 bits per heavy atom. The third-order valence-corrected chi connectivity index (χ3v) is 6.58. The molecular formula is C25H16BrClFNO3. The van der Waals surface area contributed by atoms with Gasteiger partial charge in [0.15, 0.2) is 5.43 Å². The molecule has 4 aromatic rings. The zero-order valence-corrected chi connectivity index (χ0v) is 19.2. The minimum atomic E-state index is -0.652. The highest BCUT2D eigenvalue weighted by Gasteiger charge is 2.42. The van der Waals surface area contributed by atoms with Crippen molar-refractivity contribution >= 4 is 44.4 Å². The van der Waals surface area contributed by atoms with Gasteiger partial charge >= 0.3 is 0 Å². The summed E-state index contributed by atoms with van der Waals surface area (Å²) in [5.74, 6) is -0.721. The van der Waals surface area contributed by atoms with E-state index in [0.29, 0.717) is 16.0 Å². The van der Waals surface area contributed by atoms with Crippen molar-refractivity contribution in [3.63, 3.8) is 0 Å². The predicted molar refractivity (Wildman–Crippen MR) is 124 cm³/mol. The molecule has 5 rings (SSSR count). The Kier molecular flexibility index (Phi) is 5.14. The van der Waals surface area contributed by atoms with Crippen LogP contribution in [0.15, 0.2) is 74.3 Å². The van der Waals surface area contributed by atoms with Crippen LogP contribution in [0.4, 0.5) is 4.39 Å². The number of nitrogens with zero attached hydrogens (tertiary/aromatic N) is 1. The van der Waals surface area contributed by atoms with Gasteiger partial charge in [-0.15, -0.1) is 0 Å². The van der Waals surface area contributed by atoms with E-state index in [2.05, 4.69) is 15.9 Å². The molecule has 1 aromatic heterocycles. The Balaban J connectivity index is 1.74. The third-order valence-electron chi connectivity index (χ3n) is 5.68. The van der Waals surface area contributed by atoms with E-state index in [1.807, 2.05) is 31.2 Å². The molecule has 0 radical (unpaired) electrons. The molecule has 1 aliphatic rings. The molecule has 0 saturated carbocycles. The first-order valence-corrected chi connectivity index (χ1v) is 11.1. The number of rotatable bonds is 3. The predicted octanol–water partition coefficient (Wildman–Crippen LogP) is 6.40. The summed E-state index contributed by atoms with van der Waals surface area (Å²) < 4.78 is 20.2. The Morgan fingerprint density at radius 3 is 2.56 bits per heavy atom. The number of hydrogen-bond donors (Lipinski definition) is 0. The van der Waals surface area contributed by atoms with Crippen molar-refractivity contribution < 1.29 is 13.6 Å². The van der Waals surface area contributed by atoms with Crippen molar-refractivity contribution in [3.05, 3.63) is 114 Å². The van der Waals surface area contributed by atoms with Gasteiger partial charge in [0.05, 0.1) is 17.0 Å². The first-order chi connectivity index (χ1) is 15.3. The maximum Gasteiger partial charge on any atom is 0.291 e. The summed E-state index contributed by atoms with van der Waals surface area (Å²) in [6, 6.07) is 16.0. The molecule has 4 nitrogen and oxygen atoms in total. The van der Waals surface area contributed by atoms with Gasteiger partial charge in [-0.2, -0.15) is 0 Å². The van der Waals surface area contributed by atoms with Gasteiger partial charge in [-0.3, -0.25) is 9.59 Å². The summed E-state index contributed by atoms with van der Waals surface area (Å²) in [6.07, 6.45) is 0. The first-order valence-electron chi connectivity index (χ1n) is 9.91. The van der Waals surface area contributed by atoms with E-state index in [-0.39, 0.29) is 35.0 Å². The number of benzene rings is 3. The largest absolute Gasteiger partial charge is 0.450 e. The minimum Gasteiger partial charge on any atom is -0.450 e. The van der Waals surface area contributed by atoms with Crippen LogP contribution >= 0.6 is 27.5 Å². The lowest BCUT2D eigenvalue weighted by Gasteiger charge is -2.25. The molecule has 7 heteroatoms. The van der Waals surface area contributed by atoms with Crippen LogP contribution in [0.1, 0.15) is 38.9 Å². The molecule has 32 heavy (non-hydrogen) atoms. The molecule has 0 spiro atoms. The van der Waals surface area contributed by atoms with Crippen LogP contribution < -0.4 is 5.43 Å². The van der Waals surface area contributed by atoms with Gasteiger partial charge < -0.3 is 9.32 Å². The van der Waals surface area contributed by atoms with Gasteiger partial charge in [-0.25, -0.2) is 4.39 Å². The fourth-order valence-electron chi connectivity index (χ4n) is 4.11. The Morgan fingerprint density at radius 2 is 1.84 bits per heavy atom. The summed E-state index contributed by atoms with van der Waals surface area (Å²) >= 11 is 9.74. The maximum atomic E-state index is 13.6. The smallest absolute Gasteiger partial charge is 0.291 e. The van der Waals surface area contributed by atoms with E-state index in [0.717, 1.165) is 21.2 Å². The molecule has 1 unspecified atom stereocenters. The van der Waals surface area contributed by atoms with Gasteiger partial charge in [0, 0.05) is 16.0 Å². The molecule has 0 N–H and O–H groups in total. The number of fused-ring (bicyclic) bond motifs is 2. The van der Waals surface area contributed by atoms with Crippen LogP contribution in [0.3, 0.4) is 0 Å². The summed E-state index contributed by atoms with van der Waals surface area (Å²) in [7, 11) is 0. The zero-order chi connectivity index (χ0) is 22.6. The molecule has 1 amide bonds. The molecule has 1 atom stereocenters. The van der Waals surface area contributed by atoms with Crippen LogP contribution in [0.2, 0.25) is 5.02 Å². The van der Waals surface area contributed by atoms with E-state index >= 15 is 0 Å². The molecule has 2 heterocycles. The van der Waals surface area contributed by atoms with E-state index < -0.39 is 6.04 Å². The summed E-state index contributed by atoms with van der Waals surface area (Å²) in [5.41, 5.74) is 2.56. The second kappa shape index (κ2) is 7.87. The SMILES string of the molecule is Cc1cc2oc3c(c(=O)c2cc1Cl)C(c1cccc(Br)c1)N(Cc1ccc(F)cc1)C3=O. The highest BCUT2D eigenvalue weighted by atomic mass is 79.9. The topological polar surface area (TPSA) is 50.5 Å². The van der Waals surface area contributed by atoms with Crippen molar-refractivity contribution in [1.29, 1.82) is 0 Å². The summed E-state index contributed by atoms with van der Waals surface area (Å²) in [6.45, 7) is 2.00. The van der Waals surface area contributed by atoms with Crippen molar-refractivity contribution in [2.45, 2.75) is 19.5 Å². The molecule has 0 fully saturated rings. The van der Waals surface area contributed by atoms with Crippen molar-refractivity contribution in [3.8, 4) is 0 Å². The first kappa shape index (κ1) is 20.9. The minimum absolute atomic E-state index is 0.0244. The van der Waals surface area contributed by atoms with Crippen LogP contribution in [0.5, 0.6) is 0 Å².